The maximum absolute atomic E-state index is 12.2. The van der Waals surface area contributed by atoms with E-state index in [0.29, 0.717) is 5.69 Å². The molecular formula is C9H15N3O3S2. The van der Waals surface area contributed by atoms with Gasteiger partial charge in [-0.15, -0.1) is 6.58 Å². The van der Waals surface area contributed by atoms with Crippen molar-refractivity contribution in [1.82, 2.24) is 9.29 Å². The molecule has 0 aliphatic rings. The van der Waals surface area contributed by atoms with Gasteiger partial charge in [-0.2, -0.15) is 4.31 Å². The second kappa shape index (κ2) is 5.58. The van der Waals surface area contributed by atoms with Crippen molar-refractivity contribution in [2.24, 2.45) is 0 Å². The van der Waals surface area contributed by atoms with Gasteiger partial charge in [0.15, 0.2) is 9.34 Å². The van der Waals surface area contributed by atoms with Crippen LogP contribution in [0.2, 0.25) is 0 Å². The number of aliphatic hydroxyl groups is 1. The van der Waals surface area contributed by atoms with Crippen molar-refractivity contribution in [2.75, 3.05) is 25.4 Å². The zero-order valence-corrected chi connectivity index (χ0v) is 11.1. The molecule has 1 aromatic heterocycles. The van der Waals surface area contributed by atoms with Gasteiger partial charge in [0.2, 0.25) is 0 Å². The minimum atomic E-state index is -3.66. The van der Waals surface area contributed by atoms with Crippen LogP contribution < -0.4 is 5.73 Å². The van der Waals surface area contributed by atoms with Crippen molar-refractivity contribution >= 4 is 26.5 Å². The lowest BCUT2D eigenvalue weighted by Gasteiger charge is -2.18. The Balaban J connectivity index is 3.15. The first-order valence-corrected chi connectivity index (χ1v) is 7.14. The van der Waals surface area contributed by atoms with Gasteiger partial charge in [0, 0.05) is 13.1 Å². The van der Waals surface area contributed by atoms with Crippen molar-refractivity contribution in [1.29, 1.82) is 0 Å². The zero-order chi connectivity index (χ0) is 13.1. The van der Waals surface area contributed by atoms with E-state index in [2.05, 4.69) is 11.6 Å². The fraction of sp³-hybridized carbons (Fsp3) is 0.444. The first-order valence-electron chi connectivity index (χ1n) is 4.88. The highest BCUT2D eigenvalue weighted by molar-refractivity contribution is 7.91. The highest BCUT2D eigenvalue weighted by Gasteiger charge is 2.27. The van der Waals surface area contributed by atoms with E-state index in [1.165, 1.54) is 6.08 Å². The Kier molecular flexibility index (Phi) is 4.63. The Morgan fingerprint density at radius 3 is 2.71 bits per heavy atom. The normalized spacial score (nSPS) is 11.9. The van der Waals surface area contributed by atoms with E-state index >= 15 is 0 Å². The molecule has 3 N–H and O–H groups in total. The maximum Gasteiger partial charge on any atom is 0.254 e. The molecule has 96 valence electrons. The summed E-state index contributed by atoms with van der Waals surface area (Å²) in [5.74, 6) is 0. The largest absolute Gasteiger partial charge is 0.395 e. The number of rotatable bonds is 6. The molecule has 1 heterocycles. The highest BCUT2D eigenvalue weighted by atomic mass is 32.2. The molecule has 1 rings (SSSR count). The van der Waals surface area contributed by atoms with Crippen LogP contribution in [0.25, 0.3) is 0 Å². The van der Waals surface area contributed by atoms with Crippen LogP contribution in [-0.2, 0) is 10.0 Å². The first kappa shape index (κ1) is 14.1. The standard InChI is InChI=1S/C9H15N3O3S2/c1-3-4-12(5-6-13)17(14,15)8-7(2)11-9(10)16-8/h3,13H,1,4-6H2,2H3,(H2,10,11). The molecule has 0 unspecified atom stereocenters. The average molecular weight is 277 g/mol. The van der Waals surface area contributed by atoms with Crippen LogP contribution in [0, 0.1) is 6.92 Å². The Hall–Kier alpha value is -0.960. The third-order valence-electron chi connectivity index (χ3n) is 2.03. The third-order valence-corrected chi connectivity index (χ3v) is 5.47. The highest BCUT2D eigenvalue weighted by Crippen LogP contribution is 2.27. The minimum absolute atomic E-state index is 0.0194. The van der Waals surface area contributed by atoms with Gasteiger partial charge in [-0.3, -0.25) is 0 Å². The zero-order valence-electron chi connectivity index (χ0n) is 9.46. The summed E-state index contributed by atoms with van der Waals surface area (Å²) in [6.07, 6.45) is 1.47. The molecule has 0 aromatic carbocycles. The molecule has 17 heavy (non-hydrogen) atoms. The molecular weight excluding hydrogens is 262 g/mol. The number of anilines is 1. The predicted molar refractivity (Wildman–Crippen MR) is 67.3 cm³/mol. The lowest BCUT2D eigenvalue weighted by Crippen LogP contribution is -2.33. The minimum Gasteiger partial charge on any atom is -0.395 e. The number of hydrogen-bond acceptors (Lipinski definition) is 6. The van der Waals surface area contributed by atoms with Crippen LogP contribution >= 0.6 is 11.3 Å². The molecule has 0 spiro atoms. The number of aromatic nitrogens is 1. The van der Waals surface area contributed by atoms with Crippen molar-refractivity contribution in [3.05, 3.63) is 18.3 Å². The summed E-state index contributed by atoms with van der Waals surface area (Å²) in [5.41, 5.74) is 5.85. The number of thiazole rings is 1. The topological polar surface area (TPSA) is 96.5 Å². The summed E-state index contributed by atoms with van der Waals surface area (Å²) < 4.78 is 25.7. The Bertz CT molecular complexity index is 496. The van der Waals surface area contributed by atoms with Crippen LogP contribution in [0.4, 0.5) is 5.13 Å². The van der Waals surface area contributed by atoms with E-state index < -0.39 is 10.0 Å². The van der Waals surface area contributed by atoms with Gasteiger partial charge in [-0.1, -0.05) is 17.4 Å². The SMILES string of the molecule is C=CCN(CCO)S(=O)(=O)c1sc(N)nc1C. The van der Waals surface area contributed by atoms with Gasteiger partial charge in [-0.05, 0) is 6.92 Å². The van der Waals surface area contributed by atoms with Gasteiger partial charge >= 0.3 is 0 Å². The van der Waals surface area contributed by atoms with Crippen molar-refractivity contribution in [3.63, 3.8) is 0 Å². The van der Waals surface area contributed by atoms with E-state index in [9.17, 15) is 8.42 Å². The van der Waals surface area contributed by atoms with E-state index in [1.807, 2.05) is 0 Å². The fourth-order valence-electron chi connectivity index (χ4n) is 1.32. The number of hydrogen-bond donors (Lipinski definition) is 2. The molecule has 0 radical (unpaired) electrons. The predicted octanol–water partition coefficient (Wildman–Crippen LogP) is 0.203. The van der Waals surface area contributed by atoms with Gasteiger partial charge in [0.25, 0.3) is 10.0 Å². The first-order chi connectivity index (χ1) is 7.93. The van der Waals surface area contributed by atoms with E-state index in [-0.39, 0.29) is 29.0 Å². The third kappa shape index (κ3) is 3.03. The Labute approximate surface area is 104 Å². The number of aryl methyl sites for hydroxylation is 1. The molecule has 6 nitrogen and oxygen atoms in total. The molecule has 0 amide bonds. The van der Waals surface area contributed by atoms with Crippen LogP contribution in [0.1, 0.15) is 5.69 Å². The summed E-state index contributed by atoms with van der Waals surface area (Å²) in [6, 6.07) is 0. The Morgan fingerprint density at radius 2 is 2.29 bits per heavy atom. The van der Waals surface area contributed by atoms with E-state index in [1.54, 1.807) is 6.92 Å². The van der Waals surface area contributed by atoms with Crippen molar-refractivity contribution in [2.45, 2.75) is 11.1 Å². The smallest absolute Gasteiger partial charge is 0.254 e. The Morgan fingerprint density at radius 1 is 1.65 bits per heavy atom. The van der Waals surface area contributed by atoms with E-state index in [4.69, 9.17) is 10.8 Å². The summed E-state index contributed by atoms with van der Waals surface area (Å²) in [6.45, 7) is 4.99. The van der Waals surface area contributed by atoms with E-state index in [0.717, 1.165) is 15.6 Å². The van der Waals surface area contributed by atoms with Gasteiger partial charge < -0.3 is 10.8 Å². The van der Waals surface area contributed by atoms with Gasteiger partial charge in [0.05, 0.1) is 12.3 Å². The molecule has 0 saturated heterocycles. The monoisotopic (exact) mass is 277 g/mol. The fourth-order valence-corrected chi connectivity index (χ4v) is 4.16. The number of nitrogens with zero attached hydrogens (tertiary/aromatic N) is 2. The van der Waals surface area contributed by atoms with Gasteiger partial charge in [-0.25, -0.2) is 13.4 Å². The molecule has 1 aromatic rings. The maximum atomic E-state index is 12.2. The van der Waals surface area contributed by atoms with Crippen LogP contribution in [0.15, 0.2) is 16.9 Å². The number of nitrogen functional groups attached to an aromatic ring is 1. The van der Waals surface area contributed by atoms with Crippen molar-refractivity contribution in [3.8, 4) is 0 Å². The second-order valence-electron chi connectivity index (χ2n) is 3.30. The van der Waals surface area contributed by atoms with Crippen LogP contribution in [0.5, 0.6) is 0 Å². The summed E-state index contributed by atoms with van der Waals surface area (Å²) >= 11 is 0.922. The van der Waals surface area contributed by atoms with Gasteiger partial charge in [0.1, 0.15) is 0 Å². The van der Waals surface area contributed by atoms with Crippen LogP contribution in [-0.4, -0.2) is 42.5 Å². The molecule has 0 saturated carbocycles. The summed E-state index contributed by atoms with van der Waals surface area (Å²) in [4.78, 5) is 3.88. The molecule has 0 aliphatic carbocycles. The number of sulfonamides is 1. The molecule has 0 fully saturated rings. The lowest BCUT2D eigenvalue weighted by molar-refractivity contribution is 0.260. The molecule has 8 heteroatoms. The van der Waals surface area contributed by atoms with Crippen molar-refractivity contribution < 1.29 is 13.5 Å². The summed E-state index contributed by atoms with van der Waals surface area (Å²) in [5, 5.41) is 9.08. The molecule has 0 atom stereocenters. The second-order valence-corrected chi connectivity index (χ2v) is 6.46. The molecule has 0 aliphatic heterocycles. The number of aliphatic hydroxyl groups excluding tert-OH is 1. The molecule has 0 bridgehead atoms. The lowest BCUT2D eigenvalue weighted by atomic mass is 10.6. The quantitative estimate of drug-likeness (QED) is 0.724. The number of nitrogens with two attached hydrogens (primary N) is 1. The van der Waals surface area contributed by atoms with Crippen LogP contribution in [0.3, 0.4) is 0 Å². The average Bonchev–Trinajstić information content (AvgIpc) is 2.58. The summed E-state index contributed by atoms with van der Waals surface area (Å²) in [7, 11) is -3.66.